The largest absolute Gasteiger partial charge is 0.343 e. The number of rotatable bonds is 14. The Kier molecular flexibility index (Phi) is 18.7. The second-order valence-corrected chi connectivity index (χ2v) is 11.4. The van der Waals surface area contributed by atoms with Crippen LogP contribution in [0.25, 0.3) is 0 Å². The molecule has 0 bridgehead atoms. The number of aryl methyl sites for hydroxylation is 2. The first-order valence-electron chi connectivity index (χ1n) is 15.8. The summed E-state index contributed by atoms with van der Waals surface area (Å²) in [5.74, 6) is 2.02. The lowest BCUT2D eigenvalue weighted by atomic mass is 9.85. The van der Waals surface area contributed by atoms with Crippen LogP contribution in [0.5, 0.6) is 0 Å². The predicted octanol–water partition coefficient (Wildman–Crippen LogP) is 8.02. The van der Waals surface area contributed by atoms with Crippen molar-refractivity contribution in [3.8, 4) is 0 Å². The van der Waals surface area contributed by atoms with Crippen LogP contribution in [0.1, 0.15) is 128 Å². The summed E-state index contributed by atoms with van der Waals surface area (Å²) in [5, 5.41) is 0. The molecule has 0 saturated carbocycles. The molecular formula is C33H59N2O2P. The molecule has 3 rings (SSSR count). The summed E-state index contributed by atoms with van der Waals surface area (Å²) in [7, 11) is 2.70. The zero-order valence-corrected chi connectivity index (χ0v) is 26.9. The zero-order chi connectivity index (χ0) is 28.3. The summed E-state index contributed by atoms with van der Waals surface area (Å²) in [6.07, 6.45) is 14.4. The van der Waals surface area contributed by atoms with Crippen molar-refractivity contribution in [1.29, 1.82) is 0 Å². The normalized spacial score (nSPS) is 15.7. The van der Waals surface area contributed by atoms with Crippen molar-refractivity contribution in [3.63, 3.8) is 0 Å². The van der Waals surface area contributed by atoms with E-state index in [0.29, 0.717) is 30.1 Å². The van der Waals surface area contributed by atoms with Crippen LogP contribution in [0, 0.1) is 5.92 Å². The molecule has 4 nitrogen and oxygen atoms in total. The molecule has 0 radical (unpaired) electrons. The maximum absolute atomic E-state index is 11.7. The number of likely N-dealkylation sites (tertiary alicyclic amines) is 1. The van der Waals surface area contributed by atoms with Crippen molar-refractivity contribution < 1.29 is 9.59 Å². The summed E-state index contributed by atoms with van der Waals surface area (Å²) in [5.41, 5.74) is 4.71. The molecule has 2 amide bonds. The van der Waals surface area contributed by atoms with Gasteiger partial charge in [0.15, 0.2) is 0 Å². The van der Waals surface area contributed by atoms with Crippen molar-refractivity contribution in [1.82, 2.24) is 9.80 Å². The highest BCUT2D eigenvalue weighted by molar-refractivity contribution is 7.16. The third-order valence-electron chi connectivity index (χ3n) is 7.91. The Bertz CT molecular complexity index is 789. The number of carbonyl (C=O) groups excluding carboxylic acids is 2. The first kappa shape index (κ1) is 34.6. The average Bonchev–Trinajstić information content (AvgIpc) is 3.59. The van der Waals surface area contributed by atoms with E-state index < -0.39 is 0 Å². The molecule has 218 valence electrons. The number of hydrogen-bond acceptors (Lipinski definition) is 2. The highest BCUT2D eigenvalue weighted by Gasteiger charge is 2.22. The van der Waals surface area contributed by atoms with E-state index in [-0.39, 0.29) is 0 Å². The maximum Gasteiger partial charge on any atom is 0.222 e. The van der Waals surface area contributed by atoms with E-state index in [9.17, 15) is 9.59 Å². The molecule has 3 atom stereocenters. The van der Waals surface area contributed by atoms with Gasteiger partial charge in [-0.2, -0.15) is 0 Å². The second-order valence-electron chi connectivity index (χ2n) is 10.8. The van der Waals surface area contributed by atoms with Crippen molar-refractivity contribution in [2.45, 2.75) is 125 Å². The minimum Gasteiger partial charge on any atom is -0.343 e. The van der Waals surface area contributed by atoms with Crippen LogP contribution in [-0.2, 0) is 22.4 Å². The van der Waals surface area contributed by atoms with Gasteiger partial charge in [0.2, 0.25) is 11.8 Å². The van der Waals surface area contributed by atoms with Crippen molar-refractivity contribution in [2.24, 2.45) is 5.92 Å². The minimum absolute atomic E-state index is 0.298. The number of nitrogens with zero attached hydrogens (tertiary/aromatic N) is 2. The molecule has 1 aliphatic heterocycles. The summed E-state index contributed by atoms with van der Waals surface area (Å²) in [6, 6.07) is 7.22. The van der Waals surface area contributed by atoms with Crippen molar-refractivity contribution >= 4 is 21.1 Å². The summed E-state index contributed by atoms with van der Waals surface area (Å²) in [4.78, 5) is 27.2. The Morgan fingerprint density at radius 3 is 2.34 bits per heavy atom. The molecule has 3 unspecified atom stereocenters. The number of benzene rings is 1. The number of amides is 2. The molecule has 1 heterocycles. The van der Waals surface area contributed by atoms with Gasteiger partial charge in [-0.05, 0) is 92.5 Å². The highest BCUT2D eigenvalue weighted by Crippen LogP contribution is 2.32. The standard InChI is InChI=1S/C21H31NO.C10H22NOP.C2H6/c1-3-17(20-10-9-18-6-4-7-19(18)15-20)14-16(2)11-13-22-12-5-8-21(22)23;1-3-5-7-11(8-6-9-13)10(12)4-2;1-2/h9-10,15-17H,3-8,11-14H2,1-2H3;3-9,13H2,1-2H3;1-2H3. The van der Waals surface area contributed by atoms with Gasteiger partial charge in [-0.3, -0.25) is 9.59 Å². The van der Waals surface area contributed by atoms with Crippen LogP contribution in [0.3, 0.4) is 0 Å². The number of fused-ring (bicyclic) bond motifs is 1. The monoisotopic (exact) mass is 546 g/mol. The molecule has 1 fully saturated rings. The van der Waals surface area contributed by atoms with E-state index in [1.807, 2.05) is 25.7 Å². The molecule has 38 heavy (non-hydrogen) atoms. The smallest absolute Gasteiger partial charge is 0.222 e. The fourth-order valence-corrected chi connectivity index (χ4v) is 5.70. The molecule has 0 N–H and O–H groups in total. The third kappa shape index (κ3) is 12.2. The lowest BCUT2D eigenvalue weighted by Crippen LogP contribution is -2.32. The SMILES string of the molecule is CC.CCC(CC(C)CCN1CCCC1=O)c1ccc2c(c1)CCC2.CCCCN(CCCP)C(=O)CC. The van der Waals surface area contributed by atoms with Gasteiger partial charge in [0.1, 0.15) is 0 Å². The van der Waals surface area contributed by atoms with E-state index in [4.69, 9.17) is 0 Å². The van der Waals surface area contributed by atoms with Crippen LogP contribution in [0.2, 0.25) is 0 Å². The summed E-state index contributed by atoms with van der Waals surface area (Å²) >= 11 is 0. The predicted molar refractivity (Wildman–Crippen MR) is 168 cm³/mol. The van der Waals surface area contributed by atoms with Crippen LogP contribution in [0.15, 0.2) is 18.2 Å². The molecule has 2 aliphatic rings. The van der Waals surface area contributed by atoms with Crippen LogP contribution >= 0.6 is 9.24 Å². The topological polar surface area (TPSA) is 40.6 Å². The van der Waals surface area contributed by atoms with E-state index in [2.05, 4.69) is 53.1 Å². The fraction of sp³-hybridized carbons (Fsp3) is 0.758. The van der Waals surface area contributed by atoms with Gasteiger partial charge in [0.05, 0.1) is 0 Å². The van der Waals surface area contributed by atoms with Gasteiger partial charge >= 0.3 is 0 Å². The number of hydrogen-bond donors (Lipinski definition) is 0. The van der Waals surface area contributed by atoms with Crippen LogP contribution < -0.4 is 0 Å². The van der Waals surface area contributed by atoms with Crippen molar-refractivity contribution in [2.75, 3.05) is 32.3 Å². The number of unbranched alkanes of at least 4 members (excludes halogenated alkanes) is 1. The number of carbonyl (C=O) groups is 2. The summed E-state index contributed by atoms with van der Waals surface area (Å²) < 4.78 is 0. The third-order valence-corrected chi connectivity index (χ3v) is 8.31. The molecule has 1 aromatic carbocycles. The molecule has 5 heteroatoms. The lowest BCUT2D eigenvalue weighted by Gasteiger charge is -2.23. The summed E-state index contributed by atoms with van der Waals surface area (Å²) in [6.45, 7) is 16.6. The maximum atomic E-state index is 11.7. The van der Waals surface area contributed by atoms with Crippen LogP contribution in [0.4, 0.5) is 0 Å². The van der Waals surface area contributed by atoms with E-state index in [1.165, 1.54) is 37.7 Å². The second kappa shape index (κ2) is 20.5. The van der Waals surface area contributed by atoms with Gasteiger partial charge in [-0.25, -0.2) is 0 Å². The van der Waals surface area contributed by atoms with Gasteiger partial charge in [-0.1, -0.05) is 66.2 Å². The average molecular weight is 547 g/mol. The molecule has 1 aliphatic carbocycles. The van der Waals surface area contributed by atoms with Gasteiger partial charge in [-0.15, -0.1) is 9.24 Å². The Morgan fingerprint density at radius 1 is 1.03 bits per heavy atom. The molecular weight excluding hydrogens is 487 g/mol. The van der Waals surface area contributed by atoms with E-state index in [1.54, 1.807) is 11.1 Å². The first-order valence-corrected chi connectivity index (χ1v) is 16.6. The van der Waals surface area contributed by atoms with Gasteiger partial charge < -0.3 is 9.80 Å². The Hall–Kier alpha value is -1.41. The van der Waals surface area contributed by atoms with Crippen molar-refractivity contribution in [3.05, 3.63) is 34.9 Å². The molecule has 1 aromatic rings. The Morgan fingerprint density at radius 2 is 1.74 bits per heavy atom. The molecule has 1 saturated heterocycles. The zero-order valence-electron chi connectivity index (χ0n) is 25.7. The fourth-order valence-electron chi connectivity index (χ4n) is 5.52. The highest BCUT2D eigenvalue weighted by atomic mass is 31.0. The molecule has 0 spiro atoms. The Labute approximate surface area is 237 Å². The van der Waals surface area contributed by atoms with Crippen LogP contribution in [-0.4, -0.2) is 54.0 Å². The van der Waals surface area contributed by atoms with E-state index >= 15 is 0 Å². The quantitative estimate of drug-likeness (QED) is 0.222. The molecule has 0 aromatic heterocycles. The Balaban J connectivity index is 0.000000413. The van der Waals surface area contributed by atoms with Gasteiger partial charge in [0.25, 0.3) is 0 Å². The van der Waals surface area contributed by atoms with Gasteiger partial charge in [0, 0.05) is 39.0 Å². The first-order chi connectivity index (χ1) is 18.4. The lowest BCUT2D eigenvalue weighted by molar-refractivity contribution is -0.131. The minimum atomic E-state index is 0.298. The van der Waals surface area contributed by atoms with E-state index in [0.717, 1.165) is 70.9 Å².